The predicted octanol–water partition coefficient (Wildman–Crippen LogP) is 3.18. The molecule has 0 saturated heterocycles. The summed E-state index contributed by atoms with van der Waals surface area (Å²) in [6.07, 6.45) is 0. The summed E-state index contributed by atoms with van der Waals surface area (Å²) in [7, 11) is 0. The van der Waals surface area contributed by atoms with Crippen LogP contribution in [0.3, 0.4) is 0 Å². The average molecular weight is 344 g/mol. The van der Waals surface area contributed by atoms with E-state index in [2.05, 4.69) is 5.32 Å². The Morgan fingerprint density at radius 2 is 1.69 bits per heavy atom. The van der Waals surface area contributed by atoms with Gasteiger partial charge in [0.15, 0.2) is 0 Å². The molecule has 0 bridgehead atoms. The Kier molecular flexibility index (Phi) is 5.25. The first-order valence-electron chi connectivity index (χ1n) is 8.07. The van der Waals surface area contributed by atoms with Crippen LogP contribution in [0.5, 0.6) is 0 Å². The van der Waals surface area contributed by atoms with Gasteiger partial charge in [0.2, 0.25) is 0 Å². The van der Waals surface area contributed by atoms with E-state index in [0.29, 0.717) is 11.1 Å². The van der Waals surface area contributed by atoms with Crippen LogP contribution < -0.4 is 5.32 Å². The summed E-state index contributed by atoms with van der Waals surface area (Å²) in [4.78, 5) is 24.0. The summed E-state index contributed by atoms with van der Waals surface area (Å²) in [5.74, 6) is -0.852. The molecular weight excluding hydrogens is 328 g/mol. The second kappa shape index (κ2) is 7.95. The van der Waals surface area contributed by atoms with Crippen LogP contribution in [0.4, 0.5) is 0 Å². The van der Waals surface area contributed by atoms with E-state index in [9.17, 15) is 9.59 Å². The Balaban J connectivity index is 1.51. The summed E-state index contributed by atoms with van der Waals surface area (Å²) in [6.45, 7) is -0.113. The number of carbonyl (C=O) groups excluding carboxylic acids is 2. The molecule has 0 unspecified atom stereocenters. The third-order valence-corrected chi connectivity index (χ3v) is 3.89. The number of ether oxygens (including phenoxy) is 1. The number of hydrogen-bond donors (Lipinski definition) is 1. The lowest BCUT2D eigenvalue weighted by Gasteiger charge is -2.07. The minimum absolute atomic E-state index is 0.0936. The zero-order valence-electron chi connectivity index (χ0n) is 13.9. The lowest BCUT2D eigenvalue weighted by atomic mass is 10.1. The van der Waals surface area contributed by atoms with Gasteiger partial charge in [-0.15, -0.1) is 0 Å². The molecule has 5 nitrogen and oxygen atoms in total. The highest BCUT2D eigenvalue weighted by Crippen LogP contribution is 2.15. The minimum Gasteiger partial charge on any atom is -0.460 e. The van der Waals surface area contributed by atoms with Crippen LogP contribution in [-0.2, 0) is 16.1 Å². The van der Waals surface area contributed by atoms with Gasteiger partial charge in [0.1, 0.15) is 13.2 Å². The van der Waals surface area contributed by atoms with Gasteiger partial charge in [-0.05, 0) is 40.6 Å². The first-order valence-corrected chi connectivity index (χ1v) is 8.07. The van der Waals surface area contributed by atoms with E-state index in [1.54, 1.807) is 36.4 Å². The van der Waals surface area contributed by atoms with Crippen molar-refractivity contribution in [2.75, 3.05) is 6.54 Å². The zero-order valence-corrected chi connectivity index (χ0v) is 13.9. The van der Waals surface area contributed by atoms with Crippen molar-refractivity contribution >= 4 is 22.6 Å². The maximum absolute atomic E-state index is 12.2. The molecule has 3 aromatic carbocycles. The fourth-order valence-corrected chi connectivity index (χ4v) is 2.48. The molecule has 1 amide bonds. The molecule has 128 valence electrons. The van der Waals surface area contributed by atoms with Crippen LogP contribution >= 0.6 is 0 Å². The predicted molar refractivity (Wildman–Crippen MR) is 97.2 cm³/mol. The SMILES string of the molecule is N#Cc1ccc(COC(=O)CNC(=O)c2ccc3ccccc3c2)cc1. The second-order valence-corrected chi connectivity index (χ2v) is 5.71. The van der Waals surface area contributed by atoms with Gasteiger partial charge in [0, 0.05) is 5.56 Å². The summed E-state index contributed by atoms with van der Waals surface area (Å²) in [5.41, 5.74) is 1.81. The second-order valence-electron chi connectivity index (χ2n) is 5.71. The third kappa shape index (κ3) is 4.25. The number of amides is 1. The summed E-state index contributed by atoms with van der Waals surface area (Å²) >= 11 is 0. The van der Waals surface area contributed by atoms with Crippen molar-refractivity contribution < 1.29 is 14.3 Å². The number of nitriles is 1. The van der Waals surface area contributed by atoms with Crippen LogP contribution in [0.2, 0.25) is 0 Å². The van der Waals surface area contributed by atoms with Crippen molar-refractivity contribution in [3.05, 3.63) is 83.4 Å². The molecular formula is C21H16N2O3. The Labute approximate surface area is 150 Å². The summed E-state index contributed by atoms with van der Waals surface area (Å²) < 4.78 is 5.12. The molecule has 26 heavy (non-hydrogen) atoms. The molecule has 0 aliphatic rings. The molecule has 0 heterocycles. The Morgan fingerprint density at radius 1 is 0.962 bits per heavy atom. The molecule has 5 heteroatoms. The van der Waals surface area contributed by atoms with Crippen molar-refractivity contribution in [3.8, 4) is 6.07 Å². The minimum atomic E-state index is -0.525. The number of carbonyl (C=O) groups is 2. The molecule has 0 aliphatic carbocycles. The van der Waals surface area contributed by atoms with Crippen molar-refractivity contribution in [1.82, 2.24) is 5.32 Å². The smallest absolute Gasteiger partial charge is 0.325 e. The van der Waals surface area contributed by atoms with Gasteiger partial charge in [-0.25, -0.2) is 0 Å². The molecule has 3 rings (SSSR count). The third-order valence-electron chi connectivity index (χ3n) is 3.89. The van der Waals surface area contributed by atoms with E-state index in [1.807, 2.05) is 36.4 Å². The lowest BCUT2D eigenvalue weighted by molar-refractivity contribution is -0.143. The summed E-state index contributed by atoms with van der Waals surface area (Å²) in [5, 5.41) is 13.3. The number of esters is 1. The van der Waals surface area contributed by atoms with E-state index in [0.717, 1.165) is 16.3 Å². The number of nitrogens with one attached hydrogen (secondary N) is 1. The number of benzene rings is 3. The van der Waals surface area contributed by atoms with Crippen LogP contribution in [-0.4, -0.2) is 18.4 Å². The van der Waals surface area contributed by atoms with E-state index < -0.39 is 5.97 Å². The zero-order chi connectivity index (χ0) is 18.4. The molecule has 0 aliphatic heterocycles. The quantitative estimate of drug-likeness (QED) is 0.721. The van der Waals surface area contributed by atoms with Gasteiger partial charge in [-0.2, -0.15) is 5.26 Å². The highest BCUT2D eigenvalue weighted by Gasteiger charge is 2.09. The van der Waals surface area contributed by atoms with E-state index in [1.165, 1.54) is 0 Å². The Morgan fingerprint density at radius 3 is 2.42 bits per heavy atom. The maximum Gasteiger partial charge on any atom is 0.325 e. The van der Waals surface area contributed by atoms with Crippen molar-refractivity contribution in [1.29, 1.82) is 5.26 Å². The first kappa shape index (κ1) is 17.2. The van der Waals surface area contributed by atoms with Gasteiger partial charge in [0.25, 0.3) is 5.91 Å². The molecule has 0 radical (unpaired) electrons. The van der Waals surface area contributed by atoms with Crippen LogP contribution in [0.1, 0.15) is 21.5 Å². The molecule has 0 spiro atoms. The number of nitrogens with zero attached hydrogens (tertiary/aromatic N) is 1. The van der Waals surface area contributed by atoms with Crippen molar-refractivity contribution in [2.45, 2.75) is 6.61 Å². The highest BCUT2D eigenvalue weighted by molar-refractivity contribution is 5.99. The largest absolute Gasteiger partial charge is 0.460 e. The van der Waals surface area contributed by atoms with Crippen LogP contribution in [0.15, 0.2) is 66.7 Å². The van der Waals surface area contributed by atoms with Crippen molar-refractivity contribution in [2.24, 2.45) is 0 Å². The molecule has 3 aromatic rings. The van der Waals surface area contributed by atoms with Gasteiger partial charge in [-0.1, -0.05) is 42.5 Å². The lowest BCUT2D eigenvalue weighted by Crippen LogP contribution is -2.30. The van der Waals surface area contributed by atoms with Crippen molar-refractivity contribution in [3.63, 3.8) is 0 Å². The van der Waals surface area contributed by atoms with Crippen LogP contribution in [0, 0.1) is 11.3 Å². The van der Waals surface area contributed by atoms with Gasteiger partial charge in [-0.3, -0.25) is 9.59 Å². The number of hydrogen-bond acceptors (Lipinski definition) is 4. The molecule has 0 fully saturated rings. The van der Waals surface area contributed by atoms with Gasteiger partial charge < -0.3 is 10.1 Å². The molecule has 0 saturated carbocycles. The van der Waals surface area contributed by atoms with Crippen LogP contribution in [0.25, 0.3) is 10.8 Å². The fourth-order valence-electron chi connectivity index (χ4n) is 2.48. The number of rotatable bonds is 5. The van der Waals surface area contributed by atoms with E-state index in [-0.39, 0.29) is 19.1 Å². The number of fused-ring (bicyclic) bond motifs is 1. The molecule has 0 atom stereocenters. The molecule has 1 N–H and O–H groups in total. The Bertz CT molecular complexity index is 988. The standard InChI is InChI=1S/C21H16N2O3/c22-12-15-5-7-16(8-6-15)14-26-20(24)13-23-21(25)19-10-9-17-3-1-2-4-18(17)11-19/h1-11H,13-14H2,(H,23,25). The molecule has 0 aromatic heterocycles. The maximum atomic E-state index is 12.2. The fraction of sp³-hybridized carbons (Fsp3) is 0.0952. The Hall–Kier alpha value is -3.65. The van der Waals surface area contributed by atoms with E-state index >= 15 is 0 Å². The van der Waals surface area contributed by atoms with Gasteiger partial charge in [0.05, 0.1) is 11.6 Å². The normalized spacial score (nSPS) is 10.1. The summed E-state index contributed by atoms with van der Waals surface area (Å²) in [6, 6.07) is 21.9. The van der Waals surface area contributed by atoms with Gasteiger partial charge >= 0.3 is 5.97 Å². The average Bonchev–Trinajstić information content (AvgIpc) is 2.70. The topological polar surface area (TPSA) is 79.2 Å². The monoisotopic (exact) mass is 344 g/mol. The van der Waals surface area contributed by atoms with E-state index in [4.69, 9.17) is 10.00 Å². The first-order chi connectivity index (χ1) is 12.7. The highest BCUT2D eigenvalue weighted by atomic mass is 16.5.